The summed E-state index contributed by atoms with van der Waals surface area (Å²) in [7, 11) is -4.69. The van der Waals surface area contributed by atoms with Crippen LogP contribution in [0.3, 0.4) is 0 Å². The van der Waals surface area contributed by atoms with Crippen LogP contribution in [-0.4, -0.2) is 38.2 Å². The van der Waals surface area contributed by atoms with Gasteiger partial charge in [-0.05, 0) is 43.5 Å². The molecule has 6 nitrogen and oxygen atoms in total. The van der Waals surface area contributed by atoms with E-state index in [0.29, 0.717) is 31.7 Å². The second-order valence-corrected chi connectivity index (χ2v) is 8.63. The van der Waals surface area contributed by atoms with E-state index in [1.807, 2.05) is 13.0 Å². The van der Waals surface area contributed by atoms with Gasteiger partial charge in [0, 0.05) is 25.2 Å². The second kappa shape index (κ2) is 8.22. The fourth-order valence-corrected chi connectivity index (χ4v) is 4.16. The van der Waals surface area contributed by atoms with Crippen molar-refractivity contribution in [2.24, 2.45) is 5.92 Å². The van der Waals surface area contributed by atoms with E-state index in [9.17, 15) is 22.0 Å². The molecule has 3 rings (SSSR count). The number of alkyl halides is 2. The van der Waals surface area contributed by atoms with Gasteiger partial charge in [-0.1, -0.05) is 18.2 Å². The first-order valence-corrected chi connectivity index (χ1v) is 10.4. The third-order valence-corrected chi connectivity index (χ3v) is 6.20. The van der Waals surface area contributed by atoms with Crippen LogP contribution in [0.25, 0.3) is 0 Å². The van der Waals surface area contributed by atoms with E-state index in [-0.39, 0.29) is 22.4 Å². The number of hydrogen-bond donors (Lipinski definition) is 1. The third kappa shape index (κ3) is 4.30. The van der Waals surface area contributed by atoms with Gasteiger partial charge in [-0.25, -0.2) is 13.4 Å². The molecule has 0 atom stereocenters. The summed E-state index contributed by atoms with van der Waals surface area (Å²) in [4.78, 5) is 18.0. The number of benzene rings is 1. The molecule has 0 aliphatic carbocycles. The van der Waals surface area contributed by atoms with E-state index in [1.165, 1.54) is 18.2 Å². The molecule has 1 fully saturated rings. The van der Waals surface area contributed by atoms with Gasteiger partial charge in [0.15, 0.2) is 0 Å². The summed E-state index contributed by atoms with van der Waals surface area (Å²) in [6, 6.07) is 9.33. The van der Waals surface area contributed by atoms with Gasteiger partial charge in [-0.2, -0.15) is 8.78 Å². The monoisotopic (exact) mass is 409 g/mol. The number of nitrogens with zero attached hydrogens (tertiary/aromatic N) is 2. The zero-order chi connectivity index (χ0) is 20.3. The molecule has 1 N–H and O–H groups in total. The Morgan fingerprint density at radius 3 is 2.46 bits per heavy atom. The molecule has 0 radical (unpaired) electrons. The van der Waals surface area contributed by atoms with Crippen molar-refractivity contribution in [2.75, 3.05) is 23.3 Å². The molecule has 0 unspecified atom stereocenters. The molecule has 0 bridgehead atoms. The maximum Gasteiger partial charge on any atom is 0.341 e. The minimum Gasteiger partial charge on any atom is -0.370 e. The molecule has 1 aliphatic rings. The van der Waals surface area contributed by atoms with Crippen LogP contribution in [0.5, 0.6) is 0 Å². The molecule has 9 heteroatoms. The average Bonchev–Trinajstić information content (AvgIpc) is 2.69. The number of para-hydroxylation sites is 1. The Morgan fingerprint density at radius 1 is 1.18 bits per heavy atom. The molecular formula is C19H21F2N3O3S. The zero-order valence-electron chi connectivity index (χ0n) is 15.3. The first-order chi connectivity index (χ1) is 13.3. The van der Waals surface area contributed by atoms with Gasteiger partial charge in [-0.15, -0.1) is 0 Å². The Morgan fingerprint density at radius 2 is 1.86 bits per heavy atom. The zero-order valence-corrected chi connectivity index (χ0v) is 16.1. The molecule has 2 heterocycles. The van der Waals surface area contributed by atoms with Crippen LogP contribution in [0.4, 0.5) is 20.3 Å². The van der Waals surface area contributed by atoms with Crippen molar-refractivity contribution in [3.63, 3.8) is 0 Å². The normalized spacial score (nSPS) is 15.6. The van der Waals surface area contributed by atoms with E-state index in [2.05, 4.69) is 10.3 Å². The highest BCUT2D eigenvalue weighted by molar-refractivity contribution is 7.91. The number of carbonyl (C=O) groups is 1. The van der Waals surface area contributed by atoms with Crippen molar-refractivity contribution in [2.45, 2.75) is 30.4 Å². The van der Waals surface area contributed by atoms with Gasteiger partial charge in [0.1, 0.15) is 5.82 Å². The molecule has 0 spiro atoms. The Bertz CT molecular complexity index is 941. The summed E-state index contributed by atoms with van der Waals surface area (Å²) >= 11 is 0. The number of hydrogen-bond acceptors (Lipinski definition) is 5. The SMILES string of the molecule is Cc1ccc(NC(=O)C2CCN(c3ccccc3S(=O)(=O)C(F)F)CC2)nc1. The van der Waals surface area contributed by atoms with Gasteiger partial charge >= 0.3 is 5.76 Å². The smallest absolute Gasteiger partial charge is 0.341 e. The standard InChI is InChI=1S/C19H21F2N3O3S/c1-13-6-7-17(22-12-13)23-18(25)14-8-10-24(11-9-14)15-4-2-3-5-16(15)28(26,27)19(20)21/h2-7,12,14,19H,8-11H2,1H3,(H,22,23,25). The number of sulfone groups is 1. The molecule has 1 saturated heterocycles. The first-order valence-electron chi connectivity index (χ1n) is 8.88. The molecule has 1 aromatic carbocycles. The number of aryl methyl sites for hydroxylation is 1. The lowest BCUT2D eigenvalue weighted by Gasteiger charge is -2.34. The maximum atomic E-state index is 13.0. The fourth-order valence-electron chi connectivity index (χ4n) is 3.21. The van der Waals surface area contributed by atoms with Crippen LogP contribution in [0.2, 0.25) is 0 Å². The van der Waals surface area contributed by atoms with Crippen LogP contribution in [0, 0.1) is 12.8 Å². The van der Waals surface area contributed by atoms with Crippen molar-refractivity contribution in [3.05, 3.63) is 48.2 Å². The van der Waals surface area contributed by atoms with Crippen LogP contribution < -0.4 is 10.2 Å². The fraction of sp³-hybridized carbons (Fsp3) is 0.368. The Labute approximate surface area is 162 Å². The van der Waals surface area contributed by atoms with Crippen molar-refractivity contribution >= 4 is 27.2 Å². The van der Waals surface area contributed by atoms with Gasteiger partial charge < -0.3 is 10.2 Å². The minimum absolute atomic E-state index is 0.149. The largest absolute Gasteiger partial charge is 0.370 e. The van der Waals surface area contributed by atoms with E-state index in [1.54, 1.807) is 23.2 Å². The highest BCUT2D eigenvalue weighted by Crippen LogP contribution is 2.32. The molecule has 1 aliphatic heterocycles. The number of rotatable bonds is 5. The van der Waals surface area contributed by atoms with Crippen molar-refractivity contribution in [1.29, 1.82) is 0 Å². The van der Waals surface area contributed by atoms with Gasteiger partial charge in [-0.3, -0.25) is 4.79 Å². The van der Waals surface area contributed by atoms with Crippen LogP contribution in [0.1, 0.15) is 18.4 Å². The number of piperidine rings is 1. The average molecular weight is 409 g/mol. The Hall–Kier alpha value is -2.55. The van der Waals surface area contributed by atoms with E-state index >= 15 is 0 Å². The summed E-state index contributed by atoms with van der Waals surface area (Å²) in [6.45, 7) is 2.70. The summed E-state index contributed by atoms with van der Waals surface area (Å²) in [5.74, 6) is -3.40. The lowest BCUT2D eigenvalue weighted by Crippen LogP contribution is -2.39. The van der Waals surface area contributed by atoms with Gasteiger partial charge in [0.05, 0.1) is 10.6 Å². The quantitative estimate of drug-likeness (QED) is 0.820. The molecule has 150 valence electrons. The predicted octanol–water partition coefficient (Wildman–Crippen LogP) is 3.24. The lowest BCUT2D eigenvalue weighted by molar-refractivity contribution is -0.120. The van der Waals surface area contributed by atoms with Gasteiger partial charge in [0.25, 0.3) is 0 Å². The molecular weight excluding hydrogens is 388 g/mol. The van der Waals surface area contributed by atoms with Crippen molar-refractivity contribution in [3.8, 4) is 0 Å². The Balaban J connectivity index is 1.68. The van der Waals surface area contributed by atoms with Crippen LogP contribution in [-0.2, 0) is 14.6 Å². The third-order valence-electron chi connectivity index (χ3n) is 4.78. The molecule has 1 amide bonds. The number of nitrogens with one attached hydrogen (secondary N) is 1. The number of anilines is 2. The summed E-state index contributed by atoms with van der Waals surface area (Å²) < 4.78 is 49.9. The van der Waals surface area contributed by atoms with Crippen molar-refractivity contribution < 1.29 is 22.0 Å². The second-order valence-electron chi connectivity index (χ2n) is 6.74. The summed E-state index contributed by atoms with van der Waals surface area (Å²) in [6.07, 6.45) is 2.64. The number of amides is 1. The van der Waals surface area contributed by atoms with Crippen molar-refractivity contribution in [1.82, 2.24) is 4.98 Å². The number of aromatic nitrogens is 1. The summed E-state index contributed by atoms with van der Waals surface area (Å²) in [5, 5.41) is 2.78. The molecule has 0 saturated carbocycles. The van der Waals surface area contributed by atoms with E-state index in [0.717, 1.165) is 5.56 Å². The number of halogens is 2. The maximum absolute atomic E-state index is 13.0. The Kier molecular flexibility index (Phi) is 5.93. The number of carbonyl (C=O) groups excluding carboxylic acids is 1. The predicted molar refractivity (Wildman–Crippen MR) is 102 cm³/mol. The highest BCUT2D eigenvalue weighted by Gasteiger charge is 2.32. The first kappa shape index (κ1) is 20.2. The highest BCUT2D eigenvalue weighted by atomic mass is 32.2. The van der Waals surface area contributed by atoms with Crippen LogP contribution in [0.15, 0.2) is 47.5 Å². The summed E-state index contributed by atoms with van der Waals surface area (Å²) in [5.41, 5.74) is 1.24. The van der Waals surface area contributed by atoms with E-state index < -0.39 is 15.6 Å². The molecule has 28 heavy (non-hydrogen) atoms. The number of pyridine rings is 1. The molecule has 1 aromatic heterocycles. The van der Waals surface area contributed by atoms with Gasteiger partial charge in [0.2, 0.25) is 15.7 Å². The minimum atomic E-state index is -4.69. The van der Waals surface area contributed by atoms with E-state index in [4.69, 9.17) is 0 Å². The molecule has 2 aromatic rings. The van der Waals surface area contributed by atoms with Crippen LogP contribution >= 0.6 is 0 Å². The lowest BCUT2D eigenvalue weighted by atomic mass is 9.95. The topological polar surface area (TPSA) is 79.4 Å².